The molecule has 3 nitrogen and oxygen atoms in total. The molecule has 1 saturated heterocycles. The van der Waals surface area contributed by atoms with Crippen molar-refractivity contribution >= 4 is 34.1 Å². The number of anilines is 1. The van der Waals surface area contributed by atoms with Crippen molar-refractivity contribution in [1.82, 2.24) is 9.47 Å². The molecule has 6 rings (SSSR count). The van der Waals surface area contributed by atoms with Gasteiger partial charge in [-0.05, 0) is 85.7 Å². The van der Waals surface area contributed by atoms with Crippen LogP contribution in [0.15, 0.2) is 49.0 Å². The van der Waals surface area contributed by atoms with E-state index in [1.54, 1.807) is 5.56 Å². The summed E-state index contributed by atoms with van der Waals surface area (Å²) in [5.74, 6) is 3.20. The summed E-state index contributed by atoms with van der Waals surface area (Å²) >= 11 is 4.62. The first kappa shape index (κ1) is 27.0. The largest absolute Gasteiger partial charge is 0.368 e. The molecule has 1 aromatic heterocycles. The maximum absolute atomic E-state index is 4.62. The van der Waals surface area contributed by atoms with E-state index in [1.807, 2.05) is 0 Å². The number of likely N-dealkylation sites (tertiary alicyclic amines) is 1. The van der Waals surface area contributed by atoms with E-state index in [1.165, 1.54) is 79.5 Å². The molecule has 1 aliphatic carbocycles. The number of piperidine rings is 1. The summed E-state index contributed by atoms with van der Waals surface area (Å²) in [5.41, 5.74) is 8.40. The number of hydrogen-bond donors (Lipinski definition) is 1. The summed E-state index contributed by atoms with van der Waals surface area (Å²) in [5, 5.41) is 1.44. The Morgan fingerprint density at radius 3 is 2.38 bits per heavy atom. The number of benzene rings is 2. The van der Waals surface area contributed by atoms with Gasteiger partial charge in [0.05, 0.1) is 5.69 Å². The first-order chi connectivity index (χ1) is 18.9. The molecule has 208 valence electrons. The fourth-order valence-corrected chi connectivity index (χ4v) is 7.81. The molecule has 0 unspecified atom stereocenters. The standard InChI is InChI=1S/C35H47N3S/c1-24(2)27-15-17-36(18-16-27)19-20-37-21-22-38-33-23-29(26(4)39)13-14-30(33)34(28-11-9-25(3)10-12-28)35(38)31-7-5-6-8-32(31)37/h5-8,13-14,23-25,27-28,39H,4,9-12,15-22H2,1-3H3. The molecule has 0 amide bonds. The Hall–Kier alpha value is -2.17. The normalized spacial score (nSPS) is 22.6. The maximum atomic E-state index is 4.62. The van der Waals surface area contributed by atoms with E-state index in [-0.39, 0.29) is 0 Å². The number of nitrogens with zero attached hydrogens (tertiary/aromatic N) is 3. The molecule has 2 aromatic carbocycles. The van der Waals surface area contributed by atoms with Crippen molar-refractivity contribution in [2.45, 2.75) is 71.8 Å². The van der Waals surface area contributed by atoms with Gasteiger partial charge in [-0.3, -0.25) is 0 Å². The molecule has 0 bridgehead atoms. The van der Waals surface area contributed by atoms with Gasteiger partial charge < -0.3 is 14.4 Å². The summed E-state index contributed by atoms with van der Waals surface area (Å²) in [4.78, 5) is 6.23. The molecule has 0 radical (unpaired) electrons. The second kappa shape index (κ2) is 11.4. The van der Waals surface area contributed by atoms with Gasteiger partial charge in [0.2, 0.25) is 0 Å². The highest BCUT2D eigenvalue weighted by Gasteiger charge is 2.31. The number of thiol groups is 1. The quantitative estimate of drug-likeness (QED) is 0.313. The number of rotatable bonds is 6. The predicted molar refractivity (Wildman–Crippen MR) is 172 cm³/mol. The monoisotopic (exact) mass is 541 g/mol. The average Bonchev–Trinajstić information content (AvgIpc) is 3.17. The van der Waals surface area contributed by atoms with E-state index in [0.29, 0.717) is 5.92 Å². The molecule has 3 heterocycles. The van der Waals surface area contributed by atoms with E-state index in [4.69, 9.17) is 0 Å². The van der Waals surface area contributed by atoms with Crippen LogP contribution in [-0.2, 0) is 6.54 Å². The summed E-state index contributed by atoms with van der Waals surface area (Å²) in [7, 11) is 0. The van der Waals surface area contributed by atoms with Crippen LogP contribution in [0.2, 0.25) is 0 Å². The van der Waals surface area contributed by atoms with Crippen LogP contribution >= 0.6 is 12.6 Å². The van der Waals surface area contributed by atoms with Gasteiger partial charge in [0.1, 0.15) is 0 Å². The lowest BCUT2D eigenvalue weighted by atomic mass is 9.78. The SMILES string of the molecule is C=C(S)c1ccc2c(C3CCC(C)CC3)c3n(c2c1)CCN(CCN1CCC(C(C)C)CC1)c1ccccc1-3. The van der Waals surface area contributed by atoms with Crippen LogP contribution in [0.4, 0.5) is 5.69 Å². The Morgan fingerprint density at radius 1 is 0.923 bits per heavy atom. The molecular weight excluding hydrogens is 494 g/mol. The topological polar surface area (TPSA) is 11.4 Å². The molecule has 2 fully saturated rings. The Kier molecular flexibility index (Phi) is 7.88. The zero-order chi connectivity index (χ0) is 27.1. The third-order valence-electron chi connectivity index (χ3n) is 10.2. The number of hydrogen-bond acceptors (Lipinski definition) is 3. The van der Waals surface area contributed by atoms with Crippen molar-refractivity contribution in [2.24, 2.45) is 17.8 Å². The Morgan fingerprint density at radius 2 is 1.67 bits per heavy atom. The summed E-state index contributed by atoms with van der Waals surface area (Å²) < 4.78 is 2.65. The van der Waals surface area contributed by atoms with Crippen molar-refractivity contribution in [2.75, 3.05) is 37.6 Å². The van der Waals surface area contributed by atoms with Crippen molar-refractivity contribution in [3.05, 3.63) is 60.2 Å². The zero-order valence-corrected chi connectivity index (χ0v) is 25.2. The van der Waals surface area contributed by atoms with Crippen molar-refractivity contribution in [3.8, 4) is 11.3 Å². The minimum Gasteiger partial charge on any atom is -0.368 e. The van der Waals surface area contributed by atoms with Crippen LogP contribution < -0.4 is 4.90 Å². The minimum absolute atomic E-state index is 0.631. The van der Waals surface area contributed by atoms with Gasteiger partial charge in [0.15, 0.2) is 0 Å². The van der Waals surface area contributed by atoms with Crippen LogP contribution in [0, 0.1) is 17.8 Å². The fraction of sp³-hybridized carbons (Fsp3) is 0.543. The fourth-order valence-electron chi connectivity index (χ4n) is 7.67. The molecule has 1 saturated carbocycles. The van der Waals surface area contributed by atoms with Gasteiger partial charge in [-0.2, -0.15) is 0 Å². The highest BCUT2D eigenvalue weighted by molar-refractivity contribution is 7.90. The van der Waals surface area contributed by atoms with Crippen LogP contribution in [0.1, 0.15) is 76.3 Å². The highest BCUT2D eigenvalue weighted by atomic mass is 32.1. The lowest BCUT2D eigenvalue weighted by Crippen LogP contribution is -2.41. The number of aromatic nitrogens is 1. The van der Waals surface area contributed by atoms with Gasteiger partial charge in [0.25, 0.3) is 0 Å². The molecule has 0 spiro atoms. The minimum atomic E-state index is 0.631. The van der Waals surface area contributed by atoms with Crippen LogP contribution in [0.5, 0.6) is 0 Å². The van der Waals surface area contributed by atoms with Gasteiger partial charge in [-0.25, -0.2) is 0 Å². The average molecular weight is 542 g/mol. The van der Waals surface area contributed by atoms with Crippen LogP contribution in [-0.4, -0.2) is 42.2 Å². The smallest absolute Gasteiger partial charge is 0.0548 e. The third kappa shape index (κ3) is 5.32. The first-order valence-corrected chi connectivity index (χ1v) is 16.0. The Labute approximate surface area is 241 Å². The van der Waals surface area contributed by atoms with Gasteiger partial charge in [-0.1, -0.05) is 70.5 Å². The van der Waals surface area contributed by atoms with E-state index >= 15 is 0 Å². The maximum Gasteiger partial charge on any atom is 0.0548 e. The molecular formula is C35H47N3S. The van der Waals surface area contributed by atoms with Crippen molar-refractivity contribution in [3.63, 3.8) is 0 Å². The molecule has 3 aliphatic rings. The van der Waals surface area contributed by atoms with E-state index in [9.17, 15) is 0 Å². The van der Waals surface area contributed by atoms with Crippen molar-refractivity contribution < 1.29 is 0 Å². The van der Waals surface area contributed by atoms with Gasteiger partial charge in [-0.15, -0.1) is 12.6 Å². The van der Waals surface area contributed by atoms with Crippen molar-refractivity contribution in [1.29, 1.82) is 0 Å². The molecule has 0 atom stereocenters. The summed E-state index contributed by atoms with van der Waals surface area (Å²) in [6.07, 6.45) is 7.98. The second-order valence-corrected chi connectivity index (χ2v) is 13.5. The van der Waals surface area contributed by atoms with E-state index < -0.39 is 0 Å². The van der Waals surface area contributed by atoms with Crippen LogP contribution in [0.25, 0.3) is 27.1 Å². The Bertz CT molecular complexity index is 1320. The van der Waals surface area contributed by atoms with E-state index in [0.717, 1.165) is 54.4 Å². The molecule has 4 heteroatoms. The molecule has 0 N–H and O–H groups in total. The highest BCUT2D eigenvalue weighted by Crippen LogP contribution is 2.48. The molecule has 3 aromatic rings. The van der Waals surface area contributed by atoms with E-state index in [2.05, 4.69) is 96.8 Å². The first-order valence-electron chi connectivity index (χ1n) is 15.5. The number of fused-ring (bicyclic) bond motifs is 5. The third-order valence-corrected chi connectivity index (χ3v) is 10.5. The Balaban J connectivity index is 1.36. The zero-order valence-electron chi connectivity index (χ0n) is 24.3. The lowest BCUT2D eigenvalue weighted by Gasteiger charge is -2.35. The van der Waals surface area contributed by atoms with Gasteiger partial charge in [0, 0.05) is 53.2 Å². The summed E-state index contributed by atoms with van der Waals surface area (Å²) in [6, 6.07) is 16.2. The second-order valence-electron chi connectivity index (χ2n) is 13.0. The molecule has 39 heavy (non-hydrogen) atoms. The molecule has 2 aliphatic heterocycles. The lowest BCUT2D eigenvalue weighted by molar-refractivity contribution is 0.160. The van der Waals surface area contributed by atoms with Crippen LogP contribution in [0.3, 0.4) is 0 Å². The summed E-state index contributed by atoms with van der Waals surface area (Å²) in [6.45, 7) is 18.2. The predicted octanol–water partition coefficient (Wildman–Crippen LogP) is 8.69. The number of para-hydroxylation sites is 1. The van der Waals surface area contributed by atoms with Gasteiger partial charge >= 0.3 is 0 Å².